The fraction of sp³-hybridized carbons (Fsp3) is 0.538. The van der Waals surface area contributed by atoms with Gasteiger partial charge in [0.15, 0.2) is 6.61 Å². The summed E-state index contributed by atoms with van der Waals surface area (Å²) >= 11 is 1.47. The zero-order valence-electron chi connectivity index (χ0n) is 19.1. The Bertz CT molecular complexity index is 1010. The molecule has 1 N–H and O–H groups in total. The smallest absolute Gasteiger partial charge is 0.348 e. The van der Waals surface area contributed by atoms with Crippen molar-refractivity contribution in [2.75, 3.05) is 39.5 Å². The standard InChI is InChI=1S/C26H32N2O4S/c29-23(27-18-26(10-4-1-5-11-26)28-12-14-31-15-13-28)17-32-25(30)22-16-20-9-8-19-6-2-3-7-21(19)24(20)33-22/h2-3,6-7,16H,1,4-5,8-15,17-18H2,(H,27,29). The number of amides is 1. The van der Waals surface area contributed by atoms with Crippen molar-refractivity contribution in [3.63, 3.8) is 0 Å². The van der Waals surface area contributed by atoms with E-state index in [2.05, 4.69) is 28.4 Å². The molecule has 1 saturated heterocycles. The molecule has 1 amide bonds. The highest BCUT2D eigenvalue weighted by molar-refractivity contribution is 7.17. The van der Waals surface area contributed by atoms with Crippen molar-refractivity contribution in [1.29, 1.82) is 0 Å². The Morgan fingerprint density at radius 2 is 1.82 bits per heavy atom. The van der Waals surface area contributed by atoms with E-state index in [0.29, 0.717) is 11.4 Å². The number of aryl methyl sites for hydroxylation is 2. The lowest BCUT2D eigenvalue weighted by Crippen LogP contribution is -2.59. The monoisotopic (exact) mass is 468 g/mol. The lowest BCUT2D eigenvalue weighted by molar-refractivity contribution is -0.125. The molecule has 2 heterocycles. The topological polar surface area (TPSA) is 67.9 Å². The lowest BCUT2D eigenvalue weighted by atomic mass is 9.79. The Morgan fingerprint density at radius 1 is 1.06 bits per heavy atom. The molecule has 2 aliphatic carbocycles. The SMILES string of the molecule is O=C(COC(=O)c1cc2c(s1)-c1ccccc1CC2)NCC1(N2CCOCC2)CCCCC1. The van der Waals surface area contributed by atoms with Gasteiger partial charge in [0.05, 0.1) is 13.2 Å². The van der Waals surface area contributed by atoms with Gasteiger partial charge in [0.2, 0.25) is 0 Å². The summed E-state index contributed by atoms with van der Waals surface area (Å²) in [6.45, 7) is 3.70. The van der Waals surface area contributed by atoms with Crippen LogP contribution in [0.2, 0.25) is 0 Å². The number of thiophene rings is 1. The minimum Gasteiger partial charge on any atom is -0.451 e. The van der Waals surface area contributed by atoms with Gasteiger partial charge in [0.1, 0.15) is 4.88 Å². The maximum Gasteiger partial charge on any atom is 0.348 e. The predicted octanol–water partition coefficient (Wildman–Crippen LogP) is 3.82. The first-order valence-electron chi connectivity index (χ1n) is 12.1. The highest BCUT2D eigenvalue weighted by Gasteiger charge is 2.38. The van der Waals surface area contributed by atoms with Gasteiger partial charge in [-0.1, -0.05) is 43.5 Å². The van der Waals surface area contributed by atoms with E-state index in [4.69, 9.17) is 9.47 Å². The minimum atomic E-state index is -0.414. The van der Waals surface area contributed by atoms with Crippen molar-refractivity contribution in [2.24, 2.45) is 0 Å². The zero-order valence-corrected chi connectivity index (χ0v) is 19.9. The number of ether oxygens (including phenoxy) is 2. The average Bonchev–Trinajstić information content (AvgIpc) is 3.32. The highest BCUT2D eigenvalue weighted by atomic mass is 32.1. The van der Waals surface area contributed by atoms with Crippen LogP contribution >= 0.6 is 11.3 Å². The van der Waals surface area contributed by atoms with Crippen molar-refractivity contribution in [1.82, 2.24) is 10.2 Å². The number of benzene rings is 1. The number of carbonyl (C=O) groups excluding carboxylic acids is 2. The molecular weight excluding hydrogens is 436 g/mol. The quantitative estimate of drug-likeness (QED) is 0.653. The second-order valence-corrected chi connectivity index (χ2v) is 10.4. The summed E-state index contributed by atoms with van der Waals surface area (Å²) in [4.78, 5) is 29.5. The van der Waals surface area contributed by atoms with Crippen molar-refractivity contribution < 1.29 is 19.1 Å². The average molecular weight is 469 g/mol. The van der Waals surface area contributed by atoms with E-state index < -0.39 is 5.97 Å². The summed E-state index contributed by atoms with van der Waals surface area (Å²) in [5.74, 6) is -0.643. The Kier molecular flexibility index (Phi) is 6.81. The number of fused-ring (bicyclic) bond motifs is 3. The zero-order chi connectivity index (χ0) is 22.7. The normalized spacial score (nSPS) is 19.9. The Morgan fingerprint density at radius 3 is 2.64 bits per heavy atom. The molecule has 33 heavy (non-hydrogen) atoms. The number of nitrogens with zero attached hydrogens (tertiary/aromatic N) is 1. The van der Waals surface area contributed by atoms with Gasteiger partial charge in [-0.2, -0.15) is 0 Å². The van der Waals surface area contributed by atoms with Crippen LogP contribution < -0.4 is 5.32 Å². The number of nitrogens with one attached hydrogen (secondary N) is 1. The van der Waals surface area contributed by atoms with Gasteiger partial charge in [-0.25, -0.2) is 4.79 Å². The molecule has 1 aliphatic heterocycles. The lowest BCUT2D eigenvalue weighted by Gasteiger charge is -2.48. The third kappa shape index (κ3) is 4.86. The first-order chi connectivity index (χ1) is 16.1. The highest BCUT2D eigenvalue weighted by Crippen LogP contribution is 2.39. The van der Waals surface area contributed by atoms with Gasteiger partial charge in [0.25, 0.3) is 5.91 Å². The summed E-state index contributed by atoms with van der Waals surface area (Å²) < 4.78 is 10.9. The van der Waals surface area contributed by atoms with E-state index in [1.165, 1.54) is 47.3 Å². The molecular formula is C26H32N2O4S. The maximum atomic E-state index is 12.7. The Hall–Kier alpha value is -2.22. The molecule has 1 saturated carbocycles. The summed E-state index contributed by atoms with van der Waals surface area (Å²) in [5.41, 5.74) is 3.73. The van der Waals surface area contributed by atoms with Crippen molar-refractivity contribution in [3.05, 3.63) is 46.3 Å². The molecule has 0 atom stereocenters. The molecule has 3 aliphatic rings. The molecule has 2 fully saturated rings. The number of rotatable bonds is 6. The number of morpholine rings is 1. The number of hydrogen-bond donors (Lipinski definition) is 1. The Balaban J connectivity index is 1.17. The fourth-order valence-corrected chi connectivity index (χ4v) is 6.71. The molecule has 1 aromatic heterocycles. The molecule has 0 spiro atoms. The molecule has 2 aromatic rings. The molecule has 6 nitrogen and oxygen atoms in total. The summed E-state index contributed by atoms with van der Waals surface area (Å²) in [7, 11) is 0. The molecule has 5 rings (SSSR count). The number of hydrogen-bond acceptors (Lipinski definition) is 6. The van der Waals surface area contributed by atoms with Crippen LogP contribution in [0.3, 0.4) is 0 Å². The van der Waals surface area contributed by atoms with Crippen LogP contribution in [0.15, 0.2) is 30.3 Å². The molecule has 0 bridgehead atoms. The minimum absolute atomic E-state index is 0.00188. The van der Waals surface area contributed by atoms with Crippen LogP contribution in [-0.2, 0) is 27.1 Å². The van der Waals surface area contributed by atoms with Crippen molar-refractivity contribution >= 4 is 23.2 Å². The van der Waals surface area contributed by atoms with Crippen LogP contribution in [0.4, 0.5) is 0 Å². The first kappa shape index (κ1) is 22.6. The second kappa shape index (κ2) is 9.95. The van der Waals surface area contributed by atoms with Crippen molar-refractivity contribution in [3.8, 4) is 10.4 Å². The summed E-state index contributed by atoms with van der Waals surface area (Å²) in [5, 5.41) is 3.06. The van der Waals surface area contributed by atoms with Gasteiger partial charge < -0.3 is 14.8 Å². The predicted molar refractivity (Wildman–Crippen MR) is 129 cm³/mol. The second-order valence-electron chi connectivity index (χ2n) is 9.36. The van der Waals surface area contributed by atoms with E-state index in [1.54, 1.807) is 0 Å². The number of carbonyl (C=O) groups is 2. The molecule has 1 aromatic carbocycles. The largest absolute Gasteiger partial charge is 0.451 e. The van der Waals surface area contributed by atoms with E-state index in [1.807, 2.05) is 12.1 Å². The Labute approximate surface area is 199 Å². The first-order valence-corrected chi connectivity index (χ1v) is 12.9. The van der Waals surface area contributed by atoms with Crippen LogP contribution in [0.1, 0.15) is 52.9 Å². The van der Waals surface area contributed by atoms with Crippen LogP contribution in [0.25, 0.3) is 10.4 Å². The summed E-state index contributed by atoms with van der Waals surface area (Å²) in [6, 6.07) is 10.3. The number of esters is 1. The fourth-order valence-electron chi connectivity index (χ4n) is 5.54. The van der Waals surface area contributed by atoms with Crippen LogP contribution in [0, 0.1) is 0 Å². The van der Waals surface area contributed by atoms with Gasteiger partial charge in [-0.3, -0.25) is 9.69 Å². The van der Waals surface area contributed by atoms with Crippen molar-refractivity contribution in [2.45, 2.75) is 50.5 Å². The van der Waals surface area contributed by atoms with E-state index >= 15 is 0 Å². The third-order valence-corrected chi connectivity index (χ3v) is 8.54. The molecule has 176 valence electrons. The third-order valence-electron chi connectivity index (χ3n) is 7.35. The molecule has 0 unspecified atom stereocenters. The molecule has 0 radical (unpaired) electrons. The van der Waals surface area contributed by atoms with Crippen LogP contribution in [-0.4, -0.2) is 61.8 Å². The van der Waals surface area contributed by atoms with E-state index in [9.17, 15) is 9.59 Å². The van der Waals surface area contributed by atoms with Gasteiger partial charge in [0, 0.05) is 30.1 Å². The maximum absolute atomic E-state index is 12.7. The van der Waals surface area contributed by atoms with Crippen LogP contribution in [0.5, 0.6) is 0 Å². The van der Waals surface area contributed by atoms with E-state index in [0.717, 1.165) is 56.9 Å². The van der Waals surface area contributed by atoms with Gasteiger partial charge in [-0.05, 0) is 48.4 Å². The summed E-state index contributed by atoms with van der Waals surface area (Å²) in [6.07, 6.45) is 7.74. The van der Waals surface area contributed by atoms with Gasteiger partial charge in [-0.15, -0.1) is 11.3 Å². The van der Waals surface area contributed by atoms with Gasteiger partial charge >= 0.3 is 5.97 Å². The van der Waals surface area contributed by atoms with E-state index in [-0.39, 0.29) is 18.1 Å². The molecule has 7 heteroatoms.